The minimum absolute atomic E-state index is 0.0666. The first-order valence-electron chi connectivity index (χ1n) is 7.44. The van der Waals surface area contributed by atoms with Crippen LogP contribution in [-0.2, 0) is 4.79 Å². The summed E-state index contributed by atoms with van der Waals surface area (Å²) in [4.78, 5) is 12.7. The molecule has 5 nitrogen and oxygen atoms in total. The van der Waals surface area contributed by atoms with Gasteiger partial charge in [0.05, 0.1) is 17.2 Å². The number of hydrogen-bond acceptors (Lipinski definition) is 4. The summed E-state index contributed by atoms with van der Waals surface area (Å²) in [7, 11) is 0. The number of aromatic nitrogens is 1. The van der Waals surface area contributed by atoms with Crippen LogP contribution in [0.2, 0.25) is 0 Å². The average Bonchev–Trinajstić information content (AvgIpc) is 2.98. The van der Waals surface area contributed by atoms with Crippen LogP contribution in [0.4, 0.5) is 0 Å². The van der Waals surface area contributed by atoms with Crippen LogP contribution in [0.25, 0.3) is 0 Å². The van der Waals surface area contributed by atoms with Gasteiger partial charge in [-0.25, -0.2) is 0 Å². The monoisotopic (exact) mass is 279 g/mol. The number of carbonyl (C=O) groups is 1. The predicted octanol–water partition coefficient (Wildman–Crippen LogP) is 2.25. The molecule has 1 amide bonds. The van der Waals surface area contributed by atoms with Crippen LogP contribution < -0.4 is 10.6 Å². The topological polar surface area (TPSA) is 67.2 Å². The molecule has 1 aromatic heterocycles. The largest absolute Gasteiger partial charge is 0.361 e. The predicted molar refractivity (Wildman–Crippen MR) is 77.4 cm³/mol. The first-order valence-corrected chi connectivity index (χ1v) is 7.44. The molecule has 2 unspecified atom stereocenters. The quantitative estimate of drug-likeness (QED) is 0.867. The standard InChI is InChI=1S/C15H25N3O2/c1-5-6-15(7-8-16-9-15)14(19)17-10(2)13-11(3)18-20-12(13)4/h10,16H,5-9H2,1-4H3,(H,17,19). The Hall–Kier alpha value is -1.36. The number of carbonyl (C=O) groups excluding carboxylic acids is 1. The van der Waals surface area contributed by atoms with E-state index in [1.165, 1.54) is 0 Å². The second-order valence-electron chi connectivity index (χ2n) is 5.89. The van der Waals surface area contributed by atoms with Gasteiger partial charge in [-0.15, -0.1) is 0 Å². The molecule has 1 aromatic rings. The Morgan fingerprint density at radius 3 is 2.80 bits per heavy atom. The molecule has 2 heterocycles. The molecular formula is C15H25N3O2. The Morgan fingerprint density at radius 2 is 2.30 bits per heavy atom. The molecule has 0 radical (unpaired) electrons. The van der Waals surface area contributed by atoms with Crippen LogP contribution in [0, 0.1) is 19.3 Å². The Morgan fingerprint density at radius 1 is 1.55 bits per heavy atom. The summed E-state index contributed by atoms with van der Waals surface area (Å²) in [5.74, 6) is 0.932. The van der Waals surface area contributed by atoms with Gasteiger partial charge in [0.15, 0.2) is 0 Å². The van der Waals surface area contributed by atoms with Crippen LogP contribution in [-0.4, -0.2) is 24.2 Å². The molecule has 2 N–H and O–H groups in total. The highest BCUT2D eigenvalue weighted by atomic mass is 16.5. The molecule has 2 rings (SSSR count). The van der Waals surface area contributed by atoms with Gasteiger partial charge >= 0.3 is 0 Å². The van der Waals surface area contributed by atoms with Crippen LogP contribution in [0.3, 0.4) is 0 Å². The molecule has 1 fully saturated rings. The van der Waals surface area contributed by atoms with Gasteiger partial charge in [-0.1, -0.05) is 18.5 Å². The zero-order valence-corrected chi connectivity index (χ0v) is 12.9. The molecule has 0 spiro atoms. The Balaban J connectivity index is 2.10. The Kier molecular flexibility index (Phi) is 4.48. The van der Waals surface area contributed by atoms with Gasteiger partial charge in [0.1, 0.15) is 5.76 Å². The zero-order chi connectivity index (χ0) is 14.8. The van der Waals surface area contributed by atoms with Crippen molar-refractivity contribution in [1.82, 2.24) is 15.8 Å². The first-order chi connectivity index (χ1) is 9.50. The van der Waals surface area contributed by atoms with Crippen LogP contribution >= 0.6 is 0 Å². The lowest BCUT2D eigenvalue weighted by Gasteiger charge is -2.28. The van der Waals surface area contributed by atoms with Gasteiger partial charge in [-0.3, -0.25) is 4.79 Å². The molecular weight excluding hydrogens is 254 g/mol. The summed E-state index contributed by atoms with van der Waals surface area (Å²) >= 11 is 0. The molecule has 0 saturated carbocycles. The molecule has 1 saturated heterocycles. The third-order valence-corrected chi connectivity index (χ3v) is 4.32. The fraction of sp³-hybridized carbons (Fsp3) is 0.733. The first kappa shape index (κ1) is 15.0. The van der Waals surface area contributed by atoms with Gasteiger partial charge in [0.25, 0.3) is 0 Å². The lowest BCUT2D eigenvalue weighted by atomic mass is 9.81. The fourth-order valence-electron chi connectivity index (χ4n) is 3.27. The fourth-order valence-corrected chi connectivity index (χ4v) is 3.27. The number of nitrogens with zero attached hydrogens (tertiary/aromatic N) is 1. The van der Waals surface area contributed by atoms with Crippen LogP contribution in [0.1, 0.15) is 56.2 Å². The van der Waals surface area contributed by atoms with Gasteiger partial charge in [0, 0.05) is 12.1 Å². The van der Waals surface area contributed by atoms with Crippen molar-refractivity contribution >= 4 is 5.91 Å². The third kappa shape index (κ3) is 2.73. The van der Waals surface area contributed by atoms with E-state index in [2.05, 4.69) is 22.7 Å². The molecule has 5 heteroatoms. The van der Waals surface area contributed by atoms with Crippen LogP contribution in [0.15, 0.2) is 4.52 Å². The SMILES string of the molecule is CCCC1(C(=O)NC(C)c2c(C)noc2C)CCNC1. The minimum Gasteiger partial charge on any atom is -0.361 e. The van der Waals surface area contributed by atoms with Crippen molar-refractivity contribution in [3.8, 4) is 0 Å². The molecule has 1 aliphatic rings. The van der Waals surface area contributed by atoms with E-state index in [9.17, 15) is 4.79 Å². The molecule has 20 heavy (non-hydrogen) atoms. The highest BCUT2D eigenvalue weighted by Crippen LogP contribution is 2.32. The van der Waals surface area contributed by atoms with E-state index >= 15 is 0 Å². The van der Waals surface area contributed by atoms with Crippen LogP contribution in [0.5, 0.6) is 0 Å². The van der Waals surface area contributed by atoms with Gasteiger partial charge in [-0.05, 0) is 40.2 Å². The zero-order valence-electron chi connectivity index (χ0n) is 12.9. The summed E-state index contributed by atoms with van der Waals surface area (Å²) in [6.45, 7) is 9.62. The third-order valence-electron chi connectivity index (χ3n) is 4.32. The minimum atomic E-state index is -0.248. The van der Waals surface area contributed by atoms with Gasteiger partial charge in [0.2, 0.25) is 5.91 Å². The van der Waals surface area contributed by atoms with Crippen molar-refractivity contribution in [1.29, 1.82) is 0 Å². The molecule has 2 atom stereocenters. The van der Waals surface area contributed by atoms with Crippen molar-refractivity contribution in [3.05, 3.63) is 17.0 Å². The molecule has 0 bridgehead atoms. The maximum absolute atomic E-state index is 12.7. The van der Waals surface area contributed by atoms with E-state index in [1.807, 2.05) is 20.8 Å². The molecule has 112 valence electrons. The second kappa shape index (κ2) is 5.95. The molecule has 0 aliphatic carbocycles. The maximum Gasteiger partial charge on any atom is 0.228 e. The summed E-state index contributed by atoms with van der Waals surface area (Å²) < 4.78 is 5.18. The number of aryl methyl sites for hydroxylation is 2. The Labute approximate surface area is 120 Å². The van der Waals surface area contributed by atoms with E-state index in [4.69, 9.17) is 4.52 Å². The number of amides is 1. The van der Waals surface area contributed by atoms with Crippen molar-refractivity contribution in [2.75, 3.05) is 13.1 Å². The van der Waals surface area contributed by atoms with E-state index in [0.717, 1.165) is 49.4 Å². The Bertz CT molecular complexity index is 456. The van der Waals surface area contributed by atoms with Crippen molar-refractivity contribution in [3.63, 3.8) is 0 Å². The summed E-state index contributed by atoms with van der Waals surface area (Å²) in [5.41, 5.74) is 1.60. The lowest BCUT2D eigenvalue weighted by molar-refractivity contribution is -0.131. The van der Waals surface area contributed by atoms with Crippen molar-refractivity contribution in [2.24, 2.45) is 5.41 Å². The number of nitrogens with one attached hydrogen (secondary N) is 2. The van der Waals surface area contributed by atoms with E-state index in [1.54, 1.807) is 0 Å². The average molecular weight is 279 g/mol. The van der Waals surface area contributed by atoms with E-state index in [-0.39, 0.29) is 17.4 Å². The van der Waals surface area contributed by atoms with E-state index in [0.29, 0.717) is 0 Å². The second-order valence-corrected chi connectivity index (χ2v) is 5.89. The van der Waals surface area contributed by atoms with Crippen molar-refractivity contribution < 1.29 is 9.32 Å². The van der Waals surface area contributed by atoms with Crippen molar-refractivity contribution in [2.45, 2.75) is 53.0 Å². The molecule has 0 aromatic carbocycles. The maximum atomic E-state index is 12.7. The summed E-state index contributed by atoms with van der Waals surface area (Å²) in [6.07, 6.45) is 2.87. The highest BCUT2D eigenvalue weighted by molar-refractivity contribution is 5.83. The van der Waals surface area contributed by atoms with Gasteiger partial charge in [-0.2, -0.15) is 0 Å². The highest BCUT2D eigenvalue weighted by Gasteiger charge is 2.40. The summed E-state index contributed by atoms with van der Waals surface area (Å²) in [6, 6.07) is -0.0666. The normalized spacial score (nSPS) is 23.8. The number of rotatable bonds is 5. The molecule has 1 aliphatic heterocycles. The van der Waals surface area contributed by atoms with Gasteiger partial charge < -0.3 is 15.2 Å². The lowest BCUT2D eigenvalue weighted by Crippen LogP contribution is -2.43. The smallest absolute Gasteiger partial charge is 0.228 e. The number of hydrogen-bond donors (Lipinski definition) is 2. The van der Waals surface area contributed by atoms with E-state index < -0.39 is 0 Å². The summed E-state index contributed by atoms with van der Waals surface area (Å²) in [5, 5.41) is 10.4.